The van der Waals surface area contributed by atoms with E-state index in [0.29, 0.717) is 11.5 Å². The highest BCUT2D eigenvalue weighted by Crippen LogP contribution is 2.24. The van der Waals surface area contributed by atoms with Crippen molar-refractivity contribution in [1.82, 2.24) is 0 Å². The van der Waals surface area contributed by atoms with Crippen molar-refractivity contribution >= 4 is 29.1 Å². The number of Topliss-reactive ketones (excluding diaryl/α,β-unsaturated/α-hetero) is 1. The molecule has 1 unspecified atom stereocenters. The molecule has 1 aliphatic rings. The Hall–Kier alpha value is -0.470. The minimum Gasteiger partial charge on any atom is -0.298 e. The summed E-state index contributed by atoms with van der Waals surface area (Å²) in [4.78, 5) is 11.4. The van der Waals surface area contributed by atoms with Crippen LogP contribution in [0.2, 0.25) is 5.02 Å². The van der Waals surface area contributed by atoms with E-state index in [4.69, 9.17) is 11.6 Å². The van der Waals surface area contributed by atoms with Crippen LogP contribution in [0.4, 0.5) is 0 Å². The molecule has 1 heterocycles. The SMILES string of the molecule is O=C1CSCC1Cc1cccc(Cl)c1. The van der Waals surface area contributed by atoms with Crippen LogP contribution in [0.5, 0.6) is 0 Å². The minimum absolute atomic E-state index is 0.207. The maximum Gasteiger partial charge on any atom is 0.146 e. The van der Waals surface area contributed by atoms with Gasteiger partial charge in [0.05, 0.1) is 5.75 Å². The molecule has 0 N–H and O–H groups in total. The molecule has 0 radical (unpaired) electrons. The second-order valence-electron chi connectivity index (χ2n) is 3.51. The lowest BCUT2D eigenvalue weighted by atomic mass is 9.98. The van der Waals surface area contributed by atoms with Crippen LogP contribution >= 0.6 is 23.4 Å². The normalized spacial score (nSPS) is 21.5. The molecule has 0 amide bonds. The third-order valence-electron chi connectivity index (χ3n) is 2.39. The number of carbonyl (C=O) groups excluding carboxylic acids is 1. The van der Waals surface area contributed by atoms with Gasteiger partial charge >= 0.3 is 0 Å². The van der Waals surface area contributed by atoms with Gasteiger partial charge < -0.3 is 0 Å². The highest BCUT2D eigenvalue weighted by Gasteiger charge is 2.24. The standard InChI is InChI=1S/C11H11ClOS/c12-10-3-1-2-8(5-10)4-9-6-14-7-11(9)13/h1-3,5,9H,4,6-7H2. The van der Waals surface area contributed by atoms with E-state index >= 15 is 0 Å². The van der Waals surface area contributed by atoms with Gasteiger partial charge in [0, 0.05) is 16.7 Å². The van der Waals surface area contributed by atoms with Gasteiger partial charge in [-0.1, -0.05) is 23.7 Å². The second kappa shape index (κ2) is 4.37. The highest BCUT2D eigenvalue weighted by atomic mass is 35.5. The predicted molar refractivity (Wildman–Crippen MR) is 61.0 cm³/mol. The fourth-order valence-corrected chi connectivity index (χ4v) is 2.99. The van der Waals surface area contributed by atoms with E-state index < -0.39 is 0 Å². The van der Waals surface area contributed by atoms with Gasteiger partial charge in [-0.2, -0.15) is 11.8 Å². The largest absolute Gasteiger partial charge is 0.298 e. The fraction of sp³-hybridized carbons (Fsp3) is 0.364. The van der Waals surface area contributed by atoms with E-state index in [1.165, 1.54) is 5.56 Å². The summed E-state index contributed by atoms with van der Waals surface area (Å²) in [6, 6.07) is 7.76. The Morgan fingerprint density at radius 2 is 2.36 bits per heavy atom. The third-order valence-corrected chi connectivity index (χ3v) is 3.75. The number of rotatable bonds is 2. The Balaban J connectivity index is 2.07. The van der Waals surface area contributed by atoms with Crippen LogP contribution in [0.25, 0.3) is 0 Å². The molecule has 0 saturated carbocycles. The average Bonchev–Trinajstić information content (AvgIpc) is 2.52. The van der Waals surface area contributed by atoms with E-state index in [1.54, 1.807) is 11.8 Å². The summed E-state index contributed by atoms with van der Waals surface area (Å²) in [5.74, 6) is 2.24. The van der Waals surface area contributed by atoms with Crippen LogP contribution in [0.3, 0.4) is 0 Å². The molecule has 1 aromatic rings. The molecule has 1 fully saturated rings. The van der Waals surface area contributed by atoms with Crippen LogP contribution in [-0.4, -0.2) is 17.3 Å². The Labute approximate surface area is 92.8 Å². The van der Waals surface area contributed by atoms with Crippen LogP contribution < -0.4 is 0 Å². The van der Waals surface area contributed by atoms with Crippen LogP contribution in [-0.2, 0) is 11.2 Å². The average molecular weight is 227 g/mol. The van der Waals surface area contributed by atoms with Crippen molar-refractivity contribution in [3.05, 3.63) is 34.9 Å². The monoisotopic (exact) mass is 226 g/mol. The van der Waals surface area contributed by atoms with Crippen LogP contribution in [0.1, 0.15) is 5.56 Å². The molecule has 1 atom stereocenters. The Morgan fingerprint density at radius 3 is 3.00 bits per heavy atom. The lowest BCUT2D eigenvalue weighted by Crippen LogP contribution is -2.13. The van der Waals surface area contributed by atoms with E-state index in [-0.39, 0.29) is 5.92 Å². The number of hydrogen-bond donors (Lipinski definition) is 0. The summed E-state index contributed by atoms with van der Waals surface area (Å²) in [5, 5.41) is 0.751. The summed E-state index contributed by atoms with van der Waals surface area (Å²) in [6.07, 6.45) is 0.840. The summed E-state index contributed by atoms with van der Waals surface area (Å²) in [7, 11) is 0. The van der Waals surface area contributed by atoms with Gasteiger partial charge in [-0.3, -0.25) is 4.79 Å². The number of carbonyl (C=O) groups is 1. The van der Waals surface area contributed by atoms with E-state index in [1.807, 2.05) is 24.3 Å². The summed E-state index contributed by atoms with van der Waals surface area (Å²) in [6.45, 7) is 0. The first kappa shape index (κ1) is 10.1. The Bertz CT molecular complexity index is 351. The molecule has 1 saturated heterocycles. The first-order valence-electron chi connectivity index (χ1n) is 4.60. The van der Waals surface area contributed by atoms with Crippen molar-refractivity contribution in [2.45, 2.75) is 6.42 Å². The van der Waals surface area contributed by atoms with Crippen LogP contribution in [0, 0.1) is 5.92 Å². The minimum atomic E-state index is 0.207. The Kier molecular flexibility index (Phi) is 3.14. The molecule has 14 heavy (non-hydrogen) atoms. The number of hydrogen-bond acceptors (Lipinski definition) is 2. The zero-order chi connectivity index (χ0) is 9.97. The van der Waals surface area contributed by atoms with E-state index in [9.17, 15) is 4.79 Å². The highest BCUT2D eigenvalue weighted by molar-refractivity contribution is 8.00. The molecule has 1 nitrogen and oxygen atoms in total. The topological polar surface area (TPSA) is 17.1 Å². The van der Waals surface area contributed by atoms with Crippen molar-refractivity contribution in [3.8, 4) is 0 Å². The molecule has 0 spiro atoms. The molecule has 1 aromatic carbocycles. The molecule has 2 rings (SSSR count). The molecular weight excluding hydrogens is 216 g/mol. The predicted octanol–water partition coefficient (Wildman–Crippen LogP) is 2.81. The lowest BCUT2D eigenvalue weighted by molar-refractivity contribution is -0.119. The van der Waals surface area contributed by atoms with Crippen molar-refractivity contribution in [3.63, 3.8) is 0 Å². The lowest BCUT2D eigenvalue weighted by Gasteiger charge is -2.06. The second-order valence-corrected chi connectivity index (χ2v) is 4.98. The number of halogens is 1. The van der Waals surface area contributed by atoms with Gasteiger partial charge in [-0.05, 0) is 24.1 Å². The number of thioether (sulfide) groups is 1. The van der Waals surface area contributed by atoms with Gasteiger partial charge in [-0.25, -0.2) is 0 Å². The third kappa shape index (κ3) is 2.31. The summed E-state index contributed by atoms with van der Waals surface area (Å²) >= 11 is 7.61. The van der Waals surface area contributed by atoms with Gasteiger partial charge in [0.1, 0.15) is 5.78 Å². The van der Waals surface area contributed by atoms with Crippen molar-refractivity contribution < 1.29 is 4.79 Å². The van der Waals surface area contributed by atoms with Crippen molar-refractivity contribution in [1.29, 1.82) is 0 Å². The summed E-state index contributed by atoms with van der Waals surface area (Å²) in [5.41, 5.74) is 1.17. The number of ketones is 1. The van der Waals surface area contributed by atoms with Gasteiger partial charge in [0.2, 0.25) is 0 Å². The molecular formula is C11H11ClOS. The van der Waals surface area contributed by atoms with Gasteiger partial charge in [0.25, 0.3) is 0 Å². The van der Waals surface area contributed by atoms with E-state index in [0.717, 1.165) is 17.2 Å². The molecule has 0 aliphatic carbocycles. The Morgan fingerprint density at radius 1 is 1.50 bits per heavy atom. The zero-order valence-electron chi connectivity index (χ0n) is 7.70. The van der Waals surface area contributed by atoms with Gasteiger partial charge in [-0.15, -0.1) is 0 Å². The summed E-state index contributed by atoms with van der Waals surface area (Å²) < 4.78 is 0. The van der Waals surface area contributed by atoms with Gasteiger partial charge in [0.15, 0.2) is 0 Å². The van der Waals surface area contributed by atoms with Crippen molar-refractivity contribution in [2.75, 3.05) is 11.5 Å². The molecule has 74 valence electrons. The van der Waals surface area contributed by atoms with Crippen molar-refractivity contribution in [2.24, 2.45) is 5.92 Å². The molecule has 0 aromatic heterocycles. The quantitative estimate of drug-likeness (QED) is 0.772. The molecule has 1 aliphatic heterocycles. The maximum absolute atomic E-state index is 11.4. The van der Waals surface area contributed by atoms with E-state index in [2.05, 4.69) is 0 Å². The first-order chi connectivity index (χ1) is 6.75. The molecule has 0 bridgehead atoms. The smallest absolute Gasteiger partial charge is 0.146 e. The first-order valence-corrected chi connectivity index (χ1v) is 6.14. The maximum atomic E-state index is 11.4. The van der Waals surface area contributed by atoms with Crippen LogP contribution in [0.15, 0.2) is 24.3 Å². The number of benzene rings is 1. The fourth-order valence-electron chi connectivity index (χ4n) is 1.63. The zero-order valence-corrected chi connectivity index (χ0v) is 9.27. The molecule has 3 heteroatoms.